The third-order valence-electron chi connectivity index (χ3n) is 5.35. The lowest BCUT2D eigenvalue weighted by molar-refractivity contribution is 0.0994. The van der Waals surface area contributed by atoms with E-state index in [1.54, 1.807) is 36.7 Å². The van der Waals surface area contributed by atoms with Crippen molar-refractivity contribution in [2.75, 3.05) is 18.4 Å². The first-order valence-corrected chi connectivity index (χ1v) is 12.4. The molecule has 1 aliphatic rings. The molecule has 9 nitrogen and oxygen atoms in total. The topological polar surface area (TPSA) is 138 Å². The van der Waals surface area contributed by atoms with Crippen LogP contribution >= 0.6 is 11.3 Å². The van der Waals surface area contributed by atoms with E-state index in [2.05, 4.69) is 15.3 Å². The van der Waals surface area contributed by atoms with E-state index in [0.717, 1.165) is 19.3 Å². The number of carbonyl (C=O) groups is 2. The predicted molar refractivity (Wildman–Crippen MR) is 122 cm³/mol. The Morgan fingerprint density at radius 1 is 1.19 bits per heavy atom. The van der Waals surface area contributed by atoms with Crippen LogP contribution in [0.1, 0.15) is 45.7 Å². The number of rotatable bonds is 6. The standard InChI is InChI=1S/C21H23N5O4S2/c1-13-5-6-14(10-18(13)32(29,30)26-7-3-2-4-8-26)20(28)25-21-24-17(12-31-21)15-9-16(19(22)27)23-11-15/h5-6,9-12,23H,2-4,7-8H2,1H3,(H2,22,27)(H,24,25,28). The second-order valence-electron chi connectivity index (χ2n) is 7.60. The fourth-order valence-corrected chi connectivity index (χ4v) is 6.06. The number of carbonyl (C=O) groups excluding carboxylic acids is 2. The lowest BCUT2D eigenvalue weighted by Crippen LogP contribution is -2.36. The number of sulfonamides is 1. The zero-order chi connectivity index (χ0) is 22.9. The first kappa shape index (κ1) is 22.2. The van der Waals surface area contributed by atoms with E-state index in [4.69, 9.17) is 5.73 Å². The summed E-state index contributed by atoms with van der Waals surface area (Å²) >= 11 is 1.22. The highest BCUT2D eigenvalue weighted by Gasteiger charge is 2.28. The maximum atomic E-state index is 13.1. The monoisotopic (exact) mass is 473 g/mol. The van der Waals surface area contributed by atoms with Gasteiger partial charge in [-0.2, -0.15) is 4.31 Å². The van der Waals surface area contributed by atoms with Crippen molar-refractivity contribution in [1.82, 2.24) is 14.3 Å². The SMILES string of the molecule is Cc1ccc(C(=O)Nc2nc(-c3c[nH]c(C(N)=O)c3)cs2)cc1S(=O)(=O)N1CCCCC1. The first-order valence-electron chi connectivity index (χ1n) is 10.1. The molecular weight excluding hydrogens is 450 g/mol. The fraction of sp³-hybridized carbons (Fsp3) is 0.286. The van der Waals surface area contributed by atoms with Crippen LogP contribution in [0.3, 0.4) is 0 Å². The van der Waals surface area contributed by atoms with E-state index in [9.17, 15) is 18.0 Å². The number of nitrogens with two attached hydrogens (primary N) is 1. The van der Waals surface area contributed by atoms with Crippen LogP contribution in [0.5, 0.6) is 0 Å². The van der Waals surface area contributed by atoms with Gasteiger partial charge in [-0.25, -0.2) is 13.4 Å². The van der Waals surface area contributed by atoms with E-state index in [1.165, 1.54) is 21.7 Å². The Morgan fingerprint density at radius 3 is 2.62 bits per heavy atom. The molecule has 0 atom stereocenters. The van der Waals surface area contributed by atoms with Gasteiger partial charge in [-0.1, -0.05) is 12.5 Å². The molecule has 2 aromatic heterocycles. The highest BCUT2D eigenvalue weighted by Crippen LogP contribution is 2.27. The number of anilines is 1. The second kappa shape index (κ2) is 8.85. The molecule has 2 amide bonds. The number of hydrogen-bond donors (Lipinski definition) is 3. The Kier molecular flexibility index (Phi) is 6.13. The molecule has 0 spiro atoms. The number of aryl methyl sites for hydroxylation is 1. The van der Waals surface area contributed by atoms with Crippen molar-refractivity contribution >= 4 is 38.3 Å². The average molecular weight is 474 g/mol. The molecule has 1 fully saturated rings. The largest absolute Gasteiger partial charge is 0.364 e. The summed E-state index contributed by atoms with van der Waals surface area (Å²) in [6.07, 6.45) is 4.31. The fourth-order valence-electron chi connectivity index (χ4n) is 3.58. The third kappa shape index (κ3) is 4.45. The zero-order valence-electron chi connectivity index (χ0n) is 17.4. The molecule has 32 heavy (non-hydrogen) atoms. The van der Waals surface area contributed by atoms with Gasteiger partial charge in [0.05, 0.1) is 10.6 Å². The highest BCUT2D eigenvalue weighted by atomic mass is 32.2. The number of aromatic nitrogens is 2. The van der Waals surface area contributed by atoms with E-state index in [-0.39, 0.29) is 16.2 Å². The minimum absolute atomic E-state index is 0.151. The van der Waals surface area contributed by atoms with Gasteiger partial charge in [-0.3, -0.25) is 14.9 Å². The van der Waals surface area contributed by atoms with Crippen LogP contribution in [0.2, 0.25) is 0 Å². The number of piperidine rings is 1. The van der Waals surface area contributed by atoms with Gasteiger partial charge in [0.1, 0.15) is 5.69 Å². The van der Waals surface area contributed by atoms with Gasteiger partial charge < -0.3 is 10.7 Å². The van der Waals surface area contributed by atoms with Crippen LogP contribution in [0.4, 0.5) is 5.13 Å². The van der Waals surface area contributed by atoms with Crippen LogP contribution < -0.4 is 11.1 Å². The summed E-state index contributed by atoms with van der Waals surface area (Å²) in [4.78, 5) is 31.3. The summed E-state index contributed by atoms with van der Waals surface area (Å²) < 4.78 is 27.7. The molecule has 0 bridgehead atoms. The predicted octanol–water partition coefficient (Wildman–Crippen LogP) is 2.97. The number of amides is 2. The lowest BCUT2D eigenvalue weighted by Gasteiger charge is -2.26. The third-order valence-corrected chi connectivity index (χ3v) is 8.15. The van der Waals surface area contributed by atoms with Crippen LogP contribution in [0, 0.1) is 6.92 Å². The molecule has 0 saturated carbocycles. The summed E-state index contributed by atoms with van der Waals surface area (Å²) in [5.74, 6) is -1.03. The summed E-state index contributed by atoms with van der Waals surface area (Å²) in [6.45, 7) is 2.72. The van der Waals surface area contributed by atoms with Crippen molar-refractivity contribution in [2.45, 2.75) is 31.1 Å². The Balaban J connectivity index is 1.53. The molecule has 168 valence electrons. The molecule has 11 heteroatoms. The normalized spacial score (nSPS) is 14.9. The Labute approximate surface area is 189 Å². The van der Waals surface area contributed by atoms with E-state index in [0.29, 0.717) is 35.0 Å². The summed E-state index contributed by atoms with van der Waals surface area (Å²) in [6, 6.07) is 6.25. The molecule has 3 heterocycles. The second-order valence-corrected chi connectivity index (χ2v) is 10.4. The molecular formula is C21H23N5O4S2. The van der Waals surface area contributed by atoms with Gasteiger partial charge >= 0.3 is 0 Å². The molecule has 1 saturated heterocycles. The summed E-state index contributed by atoms with van der Waals surface area (Å²) in [5, 5.41) is 4.81. The maximum absolute atomic E-state index is 13.1. The van der Waals surface area contributed by atoms with Gasteiger partial charge in [0, 0.05) is 35.8 Å². The van der Waals surface area contributed by atoms with Crippen molar-refractivity contribution in [3.8, 4) is 11.3 Å². The number of hydrogen-bond acceptors (Lipinski definition) is 6. The quantitative estimate of drug-likeness (QED) is 0.505. The number of benzene rings is 1. The Bertz CT molecular complexity index is 1270. The van der Waals surface area contributed by atoms with E-state index >= 15 is 0 Å². The Morgan fingerprint density at radius 2 is 1.94 bits per heavy atom. The number of primary amides is 1. The molecule has 1 aliphatic heterocycles. The van der Waals surface area contributed by atoms with Crippen LogP contribution in [0.25, 0.3) is 11.3 Å². The molecule has 0 unspecified atom stereocenters. The smallest absolute Gasteiger partial charge is 0.265 e. The van der Waals surface area contributed by atoms with Gasteiger partial charge in [-0.05, 0) is 43.5 Å². The lowest BCUT2D eigenvalue weighted by atomic mass is 10.1. The molecule has 3 aromatic rings. The van der Waals surface area contributed by atoms with Gasteiger partial charge in [0.25, 0.3) is 11.8 Å². The number of nitrogens with one attached hydrogen (secondary N) is 2. The van der Waals surface area contributed by atoms with Crippen molar-refractivity contribution in [3.63, 3.8) is 0 Å². The Hall–Kier alpha value is -3.02. The number of H-pyrrole nitrogens is 1. The van der Waals surface area contributed by atoms with Gasteiger partial charge in [-0.15, -0.1) is 11.3 Å². The van der Waals surface area contributed by atoms with Gasteiger partial charge in [0.15, 0.2) is 5.13 Å². The van der Waals surface area contributed by atoms with Crippen molar-refractivity contribution in [3.05, 3.63) is 52.7 Å². The number of nitrogens with zero attached hydrogens (tertiary/aromatic N) is 2. The maximum Gasteiger partial charge on any atom is 0.265 e. The van der Waals surface area contributed by atoms with E-state index in [1.807, 2.05) is 0 Å². The first-order chi connectivity index (χ1) is 15.3. The minimum Gasteiger partial charge on any atom is -0.364 e. The molecule has 0 radical (unpaired) electrons. The number of aromatic amines is 1. The zero-order valence-corrected chi connectivity index (χ0v) is 19.1. The molecule has 4 N–H and O–H groups in total. The average Bonchev–Trinajstić information content (AvgIpc) is 3.44. The number of thiazole rings is 1. The van der Waals surface area contributed by atoms with Crippen LogP contribution in [-0.2, 0) is 10.0 Å². The van der Waals surface area contributed by atoms with Crippen LogP contribution in [0.15, 0.2) is 40.7 Å². The van der Waals surface area contributed by atoms with Crippen molar-refractivity contribution in [1.29, 1.82) is 0 Å². The highest BCUT2D eigenvalue weighted by molar-refractivity contribution is 7.89. The molecule has 1 aromatic carbocycles. The molecule has 4 rings (SSSR count). The van der Waals surface area contributed by atoms with Gasteiger partial charge in [0.2, 0.25) is 10.0 Å². The summed E-state index contributed by atoms with van der Waals surface area (Å²) in [7, 11) is -3.66. The van der Waals surface area contributed by atoms with Crippen molar-refractivity contribution < 1.29 is 18.0 Å². The van der Waals surface area contributed by atoms with Crippen LogP contribution in [-0.4, -0.2) is 47.6 Å². The molecule has 0 aliphatic carbocycles. The van der Waals surface area contributed by atoms with Crippen molar-refractivity contribution in [2.24, 2.45) is 5.73 Å². The van der Waals surface area contributed by atoms with E-state index < -0.39 is 21.8 Å². The minimum atomic E-state index is -3.66. The summed E-state index contributed by atoms with van der Waals surface area (Å²) in [5.41, 5.74) is 7.59.